The van der Waals surface area contributed by atoms with Crippen LogP contribution in [-0.4, -0.2) is 23.0 Å². The number of pyridine rings is 1. The number of ether oxygens (including phenoxy) is 1. The predicted molar refractivity (Wildman–Crippen MR) is 59.4 cm³/mol. The first-order chi connectivity index (χ1) is 7.81. The monoisotopic (exact) mass is 240 g/mol. The van der Waals surface area contributed by atoms with E-state index in [4.69, 9.17) is 4.74 Å². The molecule has 1 rings (SSSR count). The average Bonchev–Trinajstić information content (AvgIpc) is 2.17. The van der Waals surface area contributed by atoms with Gasteiger partial charge in [-0.2, -0.15) is 4.39 Å². The van der Waals surface area contributed by atoms with Gasteiger partial charge in [-0.05, 0) is 20.8 Å². The Bertz CT molecular complexity index is 441. The van der Waals surface area contributed by atoms with E-state index in [-0.39, 0.29) is 11.3 Å². The van der Waals surface area contributed by atoms with Gasteiger partial charge < -0.3 is 4.74 Å². The number of hydrogen-bond acceptors (Lipinski definition) is 4. The van der Waals surface area contributed by atoms with Gasteiger partial charge in [0.1, 0.15) is 5.60 Å². The summed E-state index contributed by atoms with van der Waals surface area (Å²) < 4.78 is 17.7. The fourth-order valence-corrected chi connectivity index (χ4v) is 1.06. The number of carbonyl (C=O) groups excluding carboxylic acids is 2. The van der Waals surface area contributed by atoms with Crippen molar-refractivity contribution in [1.29, 1.82) is 0 Å². The summed E-state index contributed by atoms with van der Waals surface area (Å²) in [6, 6.07) is 0.930. The third kappa shape index (κ3) is 4.18. The summed E-state index contributed by atoms with van der Waals surface area (Å²) in [6.07, 6.45) is 0.759. The Balaban J connectivity index is 2.81. The van der Waals surface area contributed by atoms with Crippen LogP contribution in [0.3, 0.4) is 0 Å². The van der Waals surface area contributed by atoms with Crippen molar-refractivity contribution in [2.45, 2.75) is 26.4 Å². The summed E-state index contributed by atoms with van der Waals surface area (Å²) in [5, 5.41) is 2.32. The van der Waals surface area contributed by atoms with E-state index in [9.17, 15) is 14.0 Å². The van der Waals surface area contributed by atoms with E-state index >= 15 is 0 Å². The summed E-state index contributed by atoms with van der Waals surface area (Å²) >= 11 is 0. The number of nitrogens with one attached hydrogen (secondary N) is 1. The fraction of sp³-hybridized carbons (Fsp3) is 0.364. The number of rotatable bonds is 2. The molecule has 1 aromatic heterocycles. The van der Waals surface area contributed by atoms with Crippen LogP contribution < -0.4 is 5.32 Å². The highest BCUT2D eigenvalue weighted by molar-refractivity contribution is 5.92. The molecule has 0 aliphatic carbocycles. The number of halogens is 1. The van der Waals surface area contributed by atoms with Gasteiger partial charge in [0, 0.05) is 11.6 Å². The first-order valence-corrected chi connectivity index (χ1v) is 4.92. The largest absolute Gasteiger partial charge is 0.444 e. The van der Waals surface area contributed by atoms with E-state index in [1.165, 1.54) is 0 Å². The maximum absolute atomic E-state index is 12.7. The second-order valence-corrected chi connectivity index (χ2v) is 4.34. The van der Waals surface area contributed by atoms with E-state index in [2.05, 4.69) is 10.3 Å². The normalized spacial score (nSPS) is 10.8. The Kier molecular flexibility index (Phi) is 3.77. The molecule has 5 nitrogen and oxygen atoms in total. The van der Waals surface area contributed by atoms with Crippen LogP contribution in [0, 0.1) is 5.95 Å². The first kappa shape index (κ1) is 13.1. The van der Waals surface area contributed by atoms with Crippen molar-refractivity contribution in [3.8, 4) is 0 Å². The van der Waals surface area contributed by atoms with Gasteiger partial charge in [-0.25, -0.2) is 9.78 Å². The highest BCUT2D eigenvalue weighted by Gasteiger charge is 2.17. The molecule has 6 heteroatoms. The molecular weight excluding hydrogens is 227 g/mol. The van der Waals surface area contributed by atoms with E-state index in [0.717, 1.165) is 12.3 Å². The van der Waals surface area contributed by atoms with E-state index in [1.54, 1.807) is 20.8 Å². The SMILES string of the molecule is CC(C)(C)OC(=O)Nc1cnc(F)cc1C=O. The lowest BCUT2D eigenvalue weighted by Gasteiger charge is -2.19. The lowest BCUT2D eigenvalue weighted by Crippen LogP contribution is -2.27. The van der Waals surface area contributed by atoms with Gasteiger partial charge in [0.05, 0.1) is 11.9 Å². The maximum Gasteiger partial charge on any atom is 0.412 e. The standard InChI is InChI=1S/C11H13FN2O3/c1-11(2,3)17-10(16)14-8-5-13-9(12)4-7(8)6-15/h4-6H,1-3H3,(H,14,16). The molecule has 0 spiro atoms. The van der Waals surface area contributed by atoms with Gasteiger partial charge >= 0.3 is 6.09 Å². The van der Waals surface area contributed by atoms with Gasteiger partial charge in [-0.1, -0.05) is 0 Å². The third-order valence-corrected chi connectivity index (χ3v) is 1.67. The van der Waals surface area contributed by atoms with E-state index < -0.39 is 17.6 Å². The second kappa shape index (κ2) is 4.90. The number of nitrogens with zero attached hydrogens (tertiary/aromatic N) is 1. The lowest BCUT2D eigenvalue weighted by molar-refractivity contribution is 0.0636. The molecule has 1 amide bonds. The van der Waals surface area contributed by atoms with Crippen LogP contribution in [0.25, 0.3) is 0 Å². The summed E-state index contributed by atoms with van der Waals surface area (Å²) in [6.45, 7) is 5.11. The minimum absolute atomic E-state index is 0.00311. The summed E-state index contributed by atoms with van der Waals surface area (Å²) in [7, 11) is 0. The quantitative estimate of drug-likeness (QED) is 0.636. The van der Waals surface area contributed by atoms with Gasteiger partial charge in [0.2, 0.25) is 5.95 Å². The lowest BCUT2D eigenvalue weighted by atomic mass is 10.2. The maximum atomic E-state index is 12.7. The molecule has 0 saturated carbocycles. The van der Waals surface area contributed by atoms with Crippen LogP contribution in [0.4, 0.5) is 14.9 Å². The minimum atomic E-state index is -0.790. The van der Waals surface area contributed by atoms with Crippen LogP contribution in [-0.2, 0) is 4.74 Å². The van der Waals surface area contributed by atoms with Crippen LogP contribution in [0.5, 0.6) is 0 Å². The Labute approximate surface area is 98.0 Å². The summed E-state index contributed by atoms with van der Waals surface area (Å²) in [5.74, 6) is -0.790. The molecule has 0 aromatic carbocycles. The highest BCUT2D eigenvalue weighted by Crippen LogP contribution is 2.15. The smallest absolute Gasteiger partial charge is 0.412 e. The molecule has 0 bridgehead atoms. The molecule has 0 fully saturated rings. The van der Waals surface area contributed by atoms with Crippen LogP contribution in [0.15, 0.2) is 12.3 Å². The molecule has 0 atom stereocenters. The number of hydrogen-bond donors (Lipinski definition) is 1. The van der Waals surface area contributed by atoms with Crippen molar-refractivity contribution in [2.24, 2.45) is 0 Å². The zero-order chi connectivity index (χ0) is 13.1. The van der Waals surface area contributed by atoms with Gasteiger partial charge in [-0.15, -0.1) is 0 Å². The summed E-state index contributed by atoms with van der Waals surface area (Å²) in [4.78, 5) is 25.4. The number of anilines is 1. The number of aldehydes is 1. The van der Waals surface area contributed by atoms with Gasteiger partial charge in [-0.3, -0.25) is 10.1 Å². The van der Waals surface area contributed by atoms with Crippen molar-refractivity contribution in [2.75, 3.05) is 5.32 Å². The molecule has 0 saturated heterocycles. The Morgan fingerprint density at radius 1 is 1.53 bits per heavy atom. The first-order valence-electron chi connectivity index (χ1n) is 4.92. The molecule has 0 unspecified atom stereocenters. The molecule has 1 heterocycles. The van der Waals surface area contributed by atoms with Crippen molar-refractivity contribution >= 4 is 18.1 Å². The Morgan fingerprint density at radius 2 is 2.18 bits per heavy atom. The number of aromatic nitrogens is 1. The average molecular weight is 240 g/mol. The molecule has 0 aliphatic rings. The number of amides is 1. The zero-order valence-electron chi connectivity index (χ0n) is 9.78. The van der Waals surface area contributed by atoms with Crippen molar-refractivity contribution in [3.05, 3.63) is 23.8 Å². The molecule has 17 heavy (non-hydrogen) atoms. The highest BCUT2D eigenvalue weighted by atomic mass is 19.1. The predicted octanol–water partition coefficient (Wildman–Crippen LogP) is 2.38. The molecule has 0 radical (unpaired) electrons. The van der Waals surface area contributed by atoms with Crippen molar-refractivity contribution in [3.63, 3.8) is 0 Å². The van der Waals surface area contributed by atoms with Crippen LogP contribution in [0.2, 0.25) is 0 Å². The fourth-order valence-electron chi connectivity index (χ4n) is 1.06. The number of carbonyl (C=O) groups is 2. The van der Waals surface area contributed by atoms with Gasteiger partial charge in [0.25, 0.3) is 0 Å². The van der Waals surface area contributed by atoms with Crippen LogP contribution in [0.1, 0.15) is 31.1 Å². The van der Waals surface area contributed by atoms with Crippen LogP contribution >= 0.6 is 0 Å². The molecule has 92 valence electrons. The van der Waals surface area contributed by atoms with E-state index in [0.29, 0.717) is 6.29 Å². The molecule has 0 aliphatic heterocycles. The molecular formula is C11H13FN2O3. The van der Waals surface area contributed by atoms with Gasteiger partial charge in [0.15, 0.2) is 6.29 Å². The molecule has 1 N–H and O–H groups in total. The third-order valence-electron chi connectivity index (χ3n) is 1.67. The Morgan fingerprint density at radius 3 is 2.71 bits per heavy atom. The Hall–Kier alpha value is -1.98. The second-order valence-electron chi connectivity index (χ2n) is 4.34. The minimum Gasteiger partial charge on any atom is -0.444 e. The topological polar surface area (TPSA) is 68.3 Å². The summed E-state index contributed by atoms with van der Waals surface area (Å²) in [5.41, 5.74) is -0.544. The van der Waals surface area contributed by atoms with Crippen molar-refractivity contribution in [1.82, 2.24) is 4.98 Å². The zero-order valence-corrected chi connectivity index (χ0v) is 9.78. The van der Waals surface area contributed by atoms with Crippen molar-refractivity contribution < 1.29 is 18.7 Å². The van der Waals surface area contributed by atoms with E-state index in [1.807, 2.05) is 0 Å². The molecule has 1 aromatic rings.